The van der Waals surface area contributed by atoms with Crippen LogP contribution in [-0.4, -0.2) is 54.6 Å². The van der Waals surface area contributed by atoms with Gasteiger partial charge in [-0.15, -0.1) is 5.10 Å². The summed E-state index contributed by atoms with van der Waals surface area (Å²) in [5, 5.41) is 9.54. The Morgan fingerprint density at radius 1 is 1.21 bits per heavy atom. The first-order chi connectivity index (χ1) is 15.8. The summed E-state index contributed by atoms with van der Waals surface area (Å²) in [5.41, 5.74) is 2.76. The molecule has 0 radical (unpaired) electrons. The maximum atomic E-state index is 12.2. The van der Waals surface area contributed by atoms with Crippen molar-refractivity contribution < 1.29 is 9.53 Å². The second-order valence-electron chi connectivity index (χ2n) is 9.54. The van der Waals surface area contributed by atoms with E-state index < -0.39 is 5.60 Å². The molecule has 170 valence electrons. The molecule has 1 fully saturated rings. The molecule has 0 aliphatic carbocycles. The molecular weight excluding hydrogens is 418 g/mol. The van der Waals surface area contributed by atoms with Crippen LogP contribution in [-0.2, 0) is 16.1 Å². The first-order valence-electron chi connectivity index (χ1n) is 11.2. The molecule has 9 heteroatoms. The van der Waals surface area contributed by atoms with Crippen molar-refractivity contribution in [1.29, 1.82) is 0 Å². The lowest BCUT2D eigenvalue weighted by Crippen LogP contribution is -2.26. The zero-order valence-electron chi connectivity index (χ0n) is 19.1. The number of fused-ring (bicyclic) bond motifs is 2. The minimum atomic E-state index is -0.459. The van der Waals surface area contributed by atoms with Crippen molar-refractivity contribution >= 4 is 34.0 Å². The maximum absolute atomic E-state index is 12.2. The highest BCUT2D eigenvalue weighted by atomic mass is 16.6. The van der Waals surface area contributed by atoms with Gasteiger partial charge in [-0.1, -0.05) is 17.3 Å². The molecule has 1 saturated heterocycles. The number of anilines is 1. The SMILES string of the molecule is CC(C)(C)OC(=O)C[C@@H]1CCN(c2cnc3nnn(Cc4ccc5ncccc5c4)c3n2)C1. The molecule has 1 atom stereocenters. The van der Waals surface area contributed by atoms with Gasteiger partial charge in [0.15, 0.2) is 5.65 Å². The first kappa shape index (κ1) is 21.2. The number of nitrogens with zero attached hydrogens (tertiary/aromatic N) is 7. The Labute approximate surface area is 191 Å². The van der Waals surface area contributed by atoms with E-state index in [9.17, 15) is 4.79 Å². The number of hydrogen-bond donors (Lipinski definition) is 0. The predicted octanol–water partition coefficient (Wildman–Crippen LogP) is 3.38. The average molecular weight is 446 g/mol. The summed E-state index contributed by atoms with van der Waals surface area (Å²) in [4.78, 5) is 28.0. The van der Waals surface area contributed by atoms with E-state index in [1.54, 1.807) is 17.1 Å². The molecule has 5 rings (SSSR count). The number of benzene rings is 1. The molecule has 0 saturated carbocycles. The summed E-state index contributed by atoms with van der Waals surface area (Å²) in [6.07, 6.45) is 4.86. The second-order valence-corrected chi connectivity index (χ2v) is 9.54. The largest absolute Gasteiger partial charge is 0.460 e. The molecular formula is C24H27N7O2. The van der Waals surface area contributed by atoms with Gasteiger partial charge in [0.05, 0.1) is 24.7 Å². The number of rotatable bonds is 5. The molecule has 0 unspecified atom stereocenters. The summed E-state index contributed by atoms with van der Waals surface area (Å²) in [5.74, 6) is 0.871. The Hall–Kier alpha value is -3.62. The number of esters is 1. The van der Waals surface area contributed by atoms with Crippen molar-refractivity contribution in [2.75, 3.05) is 18.0 Å². The van der Waals surface area contributed by atoms with E-state index in [4.69, 9.17) is 9.72 Å². The van der Waals surface area contributed by atoms with Crippen LogP contribution in [0.3, 0.4) is 0 Å². The van der Waals surface area contributed by atoms with Gasteiger partial charge in [-0.3, -0.25) is 9.78 Å². The molecule has 0 N–H and O–H groups in total. The zero-order valence-corrected chi connectivity index (χ0v) is 19.1. The summed E-state index contributed by atoms with van der Waals surface area (Å²) in [6.45, 7) is 7.79. The molecule has 1 aromatic carbocycles. The summed E-state index contributed by atoms with van der Waals surface area (Å²) < 4.78 is 7.25. The highest BCUT2D eigenvalue weighted by Crippen LogP contribution is 2.26. The van der Waals surface area contributed by atoms with Gasteiger partial charge >= 0.3 is 5.97 Å². The third-order valence-electron chi connectivity index (χ3n) is 5.70. The molecule has 33 heavy (non-hydrogen) atoms. The summed E-state index contributed by atoms with van der Waals surface area (Å²) in [6, 6.07) is 10.1. The average Bonchev–Trinajstić information content (AvgIpc) is 3.39. The number of aromatic nitrogens is 6. The van der Waals surface area contributed by atoms with E-state index in [-0.39, 0.29) is 11.9 Å². The van der Waals surface area contributed by atoms with Gasteiger partial charge in [-0.25, -0.2) is 14.6 Å². The normalized spacial score (nSPS) is 16.6. The van der Waals surface area contributed by atoms with Crippen LogP contribution in [0.1, 0.15) is 39.2 Å². The summed E-state index contributed by atoms with van der Waals surface area (Å²) in [7, 11) is 0. The van der Waals surface area contributed by atoms with Crippen LogP contribution in [0.15, 0.2) is 42.7 Å². The van der Waals surface area contributed by atoms with Crippen molar-refractivity contribution in [2.45, 2.75) is 45.8 Å². The lowest BCUT2D eigenvalue weighted by molar-refractivity contribution is -0.155. The van der Waals surface area contributed by atoms with Gasteiger partial charge in [0.2, 0.25) is 5.65 Å². The smallest absolute Gasteiger partial charge is 0.306 e. The number of carbonyl (C=O) groups excluding carboxylic acids is 1. The van der Waals surface area contributed by atoms with E-state index >= 15 is 0 Å². The Balaban J connectivity index is 1.31. The lowest BCUT2D eigenvalue weighted by atomic mass is 10.1. The van der Waals surface area contributed by atoms with E-state index in [0.717, 1.165) is 41.8 Å². The molecule has 3 aromatic heterocycles. The molecule has 0 bridgehead atoms. The monoisotopic (exact) mass is 445 g/mol. The van der Waals surface area contributed by atoms with Crippen LogP contribution >= 0.6 is 0 Å². The third kappa shape index (κ3) is 4.76. The van der Waals surface area contributed by atoms with Gasteiger partial charge in [-0.05, 0) is 56.9 Å². The van der Waals surface area contributed by atoms with E-state index in [1.807, 2.05) is 45.0 Å². The fraction of sp³-hybridized carbons (Fsp3) is 0.417. The maximum Gasteiger partial charge on any atom is 0.306 e. The van der Waals surface area contributed by atoms with Crippen LogP contribution in [0.5, 0.6) is 0 Å². The van der Waals surface area contributed by atoms with Crippen LogP contribution in [0.25, 0.3) is 22.2 Å². The van der Waals surface area contributed by atoms with Crippen molar-refractivity contribution in [2.24, 2.45) is 5.92 Å². The van der Waals surface area contributed by atoms with E-state index in [1.165, 1.54) is 0 Å². The van der Waals surface area contributed by atoms with Gasteiger partial charge < -0.3 is 9.64 Å². The van der Waals surface area contributed by atoms with E-state index in [0.29, 0.717) is 24.3 Å². The summed E-state index contributed by atoms with van der Waals surface area (Å²) >= 11 is 0. The lowest BCUT2D eigenvalue weighted by Gasteiger charge is -2.21. The Bertz CT molecular complexity index is 1310. The Kier molecular flexibility index (Phi) is 5.39. The standard InChI is InChI=1S/C24H27N7O2/c1-24(2,3)33-21(32)12-17-8-10-30(14-17)20-13-26-22-23(27-20)31(29-28-22)15-16-6-7-19-18(11-16)5-4-9-25-19/h4-7,9,11,13,17H,8,10,12,14-15H2,1-3H3/t17-/m0/s1. The molecule has 1 aliphatic heterocycles. The fourth-order valence-electron chi connectivity index (χ4n) is 4.23. The predicted molar refractivity (Wildman–Crippen MR) is 125 cm³/mol. The van der Waals surface area contributed by atoms with Crippen LogP contribution in [0.2, 0.25) is 0 Å². The molecule has 1 aliphatic rings. The Morgan fingerprint density at radius 2 is 2.09 bits per heavy atom. The highest BCUT2D eigenvalue weighted by molar-refractivity contribution is 5.79. The van der Waals surface area contributed by atoms with Crippen LogP contribution in [0.4, 0.5) is 5.82 Å². The topological polar surface area (TPSA) is 98.9 Å². The van der Waals surface area contributed by atoms with Crippen molar-refractivity contribution in [3.8, 4) is 0 Å². The van der Waals surface area contributed by atoms with E-state index in [2.05, 4.69) is 31.2 Å². The molecule has 4 heterocycles. The zero-order chi connectivity index (χ0) is 23.0. The minimum Gasteiger partial charge on any atom is -0.460 e. The fourth-order valence-corrected chi connectivity index (χ4v) is 4.23. The quantitative estimate of drug-likeness (QED) is 0.431. The number of ether oxygens (including phenoxy) is 1. The van der Waals surface area contributed by atoms with Crippen molar-refractivity contribution in [3.63, 3.8) is 0 Å². The Morgan fingerprint density at radius 3 is 2.94 bits per heavy atom. The van der Waals surface area contributed by atoms with Gasteiger partial charge in [-0.2, -0.15) is 0 Å². The number of hydrogen-bond acceptors (Lipinski definition) is 8. The van der Waals surface area contributed by atoms with Crippen molar-refractivity contribution in [1.82, 2.24) is 29.9 Å². The van der Waals surface area contributed by atoms with Crippen molar-refractivity contribution in [3.05, 3.63) is 48.3 Å². The van der Waals surface area contributed by atoms with Crippen LogP contribution < -0.4 is 4.90 Å². The molecule has 0 amide bonds. The number of carbonyl (C=O) groups is 1. The number of pyridine rings is 1. The first-order valence-corrected chi connectivity index (χ1v) is 11.2. The molecule has 4 aromatic rings. The molecule has 0 spiro atoms. The van der Waals surface area contributed by atoms with Crippen LogP contribution in [0, 0.1) is 5.92 Å². The minimum absolute atomic E-state index is 0.149. The second kappa shape index (κ2) is 8.38. The third-order valence-corrected chi connectivity index (χ3v) is 5.70. The van der Waals surface area contributed by atoms with Gasteiger partial charge in [0, 0.05) is 24.7 Å². The van der Waals surface area contributed by atoms with Gasteiger partial charge in [0.25, 0.3) is 0 Å². The van der Waals surface area contributed by atoms with Gasteiger partial charge in [0.1, 0.15) is 11.4 Å². The highest BCUT2D eigenvalue weighted by Gasteiger charge is 2.28. The molecule has 9 nitrogen and oxygen atoms in total.